The predicted molar refractivity (Wildman–Crippen MR) is 176 cm³/mol. The van der Waals surface area contributed by atoms with E-state index in [-0.39, 0.29) is 12.1 Å². The van der Waals surface area contributed by atoms with Crippen LogP contribution in [-0.2, 0) is 0 Å². The Morgan fingerprint density at radius 3 is 1.36 bits per heavy atom. The van der Waals surface area contributed by atoms with E-state index < -0.39 is 0 Å². The van der Waals surface area contributed by atoms with Crippen LogP contribution in [0.15, 0.2) is 179 Å². The van der Waals surface area contributed by atoms with Gasteiger partial charge < -0.3 is 10.6 Å². The molecule has 0 aromatic heterocycles. The SMILES string of the molecule is C1=CCC2=C3C(c4ccc(-c5ccc(C6=CC=CC7NC=CC8=CC=CCC8=C67)cc5)cc4)=CC=CC3NC=CC2=C1. The first kappa shape index (κ1) is 24.7. The van der Waals surface area contributed by atoms with E-state index in [9.17, 15) is 0 Å². The highest BCUT2D eigenvalue weighted by Crippen LogP contribution is 2.40. The molecule has 0 spiro atoms. The van der Waals surface area contributed by atoms with Gasteiger partial charge in [0.05, 0.1) is 12.1 Å². The summed E-state index contributed by atoms with van der Waals surface area (Å²) in [5, 5.41) is 7.17. The zero-order valence-electron chi connectivity index (χ0n) is 23.4. The molecule has 202 valence electrons. The molecule has 2 atom stereocenters. The maximum absolute atomic E-state index is 3.58. The second kappa shape index (κ2) is 10.4. The average Bonchev–Trinajstić information content (AvgIpc) is 3.37. The van der Waals surface area contributed by atoms with Gasteiger partial charge in [-0.05, 0) is 104 Å². The Kier molecular flexibility index (Phi) is 6.11. The molecule has 2 aromatic rings. The first-order valence-corrected chi connectivity index (χ1v) is 14.9. The van der Waals surface area contributed by atoms with Crippen LogP contribution in [0.1, 0.15) is 24.0 Å². The Morgan fingerprint density at radius 1 is 0.476 bits per heavy atom. The molecule has 42 heavy (non-hydrogen) atoms. The quantitative estimate of drug-likeness (QED) is 0.407. The lowest BCUT2D eigenvalue weighted by Crippen LogP contribution is -2.26. The number of nitrogens with one attached hydrogen (secondary N) is 2. The maximum atomic E-state index is 3.58. The summed E-state index contributed by atoms with van der Waals surface area (Å²) in [7, 11) is 0. The molecule has 2 aromatic carbocycles. The van der Waals surface area contributed by atoms with Crippen LogP contribution < -0.4 is 10.6 Å². The fourth-order valence-corrected chi connectivity index (χ4v) is 6.88. The highest BCUT2D eigenvalue weighted by Gasteiger charge is 2.27. The molecule has 2 heterocycles. The van der Waals surface area contributed by atoms with Gasteiger partial charge in [-0.15, -0.1) is 0 Å². The van der Waals surface area contributed by atoms with Crippen molar-refractivity contribution in [1.82, 2.24) is 10.6 Å². The van der Waals surface area contributed by atoms with E-state index in [1.165, 1.54) is 66.8 Å². The Balaban J connectivity index is 1.09. The highest BCUT2D eigenvalue weighted by atomic mass is 14.9. The molecule has 0 saturated carbocycles. The van der Waals surface area contributed by atoms with Crippen molar-refractivity contribution in [3.05, 3.63) is 191 Å². The van der Waals surface area contributed by atoms with E-state index >= 15 is 0 Å². The highest BCUT2D eigenvalue weighted by molar-refractivity contribution is 5.88. The molecule has 0 saturated heterocycles. The minimum atomic E-state index is 0.191. The number of fused-ring (bicyclic) bond motifs is 4. The zero-order valence-corrected chi connectivity index (χ0v) is 23.4. The van der Waals surface area contributed by atoms with Crippen molar-refractivity contribution in [2.75, 3.05) is 0 Å². The van der Waals surface area contributed by atoms with Crippen LogP contribution in [0.3, 0.4) is 0 Å². The fraction of sp³-hybridized carbons (Fsp3) is 0.100. The van der Waals surface area contributed by atoms with Gasteiger partial charge in [0.15, 0.2) is 0 Å². The molecule has 4 aliphatic carbocycles. The second-order valence-corrected chi connectivity index (χ2v) is 11.3. The number of benzene rings is 2. The van der Waals surface area contributed by atoms with Crippen molar-refractivity contribution in [3.63, 3.8) is 0 Å². The monoisotopic (exact) mass is 540 g/mol. The van der Waals surface area contributed by atoms with Gasteiger partial charge in [0, 0.05) is 0 Å². The molecular formula is C40H32N2. The van der Waals surface area contributed by atoms with Crippen LogP contribution in [0, 0.1) is 0 Å². The van der Waals surface area contributed by atoms with Crippen LogP contribution in [0.2, 0.25) is 0 Å². The Bertz CT molecular complexity index is 1700. The van der Waals surface area contributed by atoms with Crippen molar-refractivity contribution in [2.45, 2.75) is 24.9 Å². The summed E-state index contributed by atoms with van der Waals surface area (Å²) in [6.07, 6.45) is 37.2. The normalized spacial score (nSPS) is 23.2. The van der Waals surface area contributed by atoms with E-state index in [1.54, 1.807) is 0 Å². The van der Waals surface area contributed by atoms with Gasteiger partial charge in [0.2, 0.25) is 0 Å². The van der Waals surface area contributed by atoms with E-state index in [0.717, 1.165) is 12.8 Å². The first-order valence-electron chi connectivity index (χ1n) is 14.9. The standard InChI is InChI=1S/C40H32N2/c1-3-9-33-29(7-1)23-25-41-37-13-5-11-35(39(33)37)31-19-15-27(16-20-31)28-17-21-32(22-18-28)36-12-6-14-38-40(36)34-10-4-2-8-30(34)24-26-42-38/h1-8,11-26,37-38,41-42H,9-10H2. The summed E-state index contributed by atoms with van der Waals surface area (Å²) in [6.45, 7) is 0. The molecule has 8 rings (SSSR count). The van der Waals surface area contributed by atoms with Crippen LogP contribution in [0.25, 0.3) is 22.3 Å². The van der Waals surface area contributed by atoms with Crippen molar-refractivity contribution in [3.8, 4) is 11.1 Å². The van der Waals surface area contributed by atoms with Crippen LogP contribution in [-0.4, -0.2) is 12.1 Å². The van der Waals surface area contributed by atoms with Crippen molar-refractivity contribution in [2.24, 2.45) is 0 Å². The van der Waals surface area contributed by atoms with Crippen LogP contribution in [0.5, 0.6) is 0 Å². The number of rotatable bonds is 3. The van der Waals surface area contributed by atoms with Gasteiger partial charge in [-0.2, -0.15) is 0 Å². The summed E-state index contributed by atoms with van der Waals surface area (Å²) < 4.78 is 0. The van der Waals surface area contributed by atoms with Crippen LogP contribution >= 0.6 is 0 Å². The molecule has 2 aliphatic heterocycles. The lowest BCUT2D eigenvalue weighted by Gasteiger charge is -2.26. The van der Waals surface area contributed by atoms with Crippen LogP contribution in [0.4, 0.5) is 0 Å². The van der Waals surface area contributed by atoms with Gasteiger partial charge >= 0.3 is 0 Å². The predicted octanol–water partition coefficient (Wildman–Crippen LogP) is 8.60. The minimum absolute atomic E-state index is 0.191. The topological polar surface area (TPSA) is 24.1 Å². The third-order valence-corrected chi connectivity index (χ3v) is 8.95. The van der Waals surface area contributed by atoms with Gasteiger partial charge in [0.1, 0.15) is 0 Å². The average molecular weight is 541 g/mol. The van der Waals surface area contributed by atoms with Gasteiger partial charge in [-0.25, -0.2) is 0 Å². The largest absolute Gasteiger partial charge is 0.381 e. The maximum Gasteiger partial charge on any atom is 0.0704 e. The molecule has 0 amide bonds. The minimum Gasteiger partial charge on any atom is -0.381 e. The number of hydrogen-bond acceptors (Lipinski definition) is 2. The molecular weight excluding hydrogens is 508 g/mol. The molecule has 0 bridgehead atoms. The van der Waals surface area contributed by atoms with E-state index in [4.69, 9.17) is 0 Å². The molecule has 2 unspecified atom stereocenters. The molecule has 6 aliphatic rings. The fourth-order valence-electron chi connectivity index (χ4n) is 6.88. The van der Waals surface area contributed by atoms with Gasteiger partial charge in [0.25, 0.3) is 0 Å². The summed E-state index contributed by atoms with van der Waals surface area (Å²) >= 11 is 0. The van der Waals surface area contributed by atoms with Gasteiger partial charge in [-0.1, -0.05) is 121 Å². The molecule has 2 nitrogen and oxygen atoms in total. The van der Waals surface area contributed by atoms with E-state index in [0.29, 0.717) is 0 Å². The van der Waals surface area contributed by atoms with E-state index in [1.807, 2.05) is 0 Å². The second-order valence-electron chi connectivity index (χ2n) is 11.3. The molecule has 0 fully saturated rings. The lowest BCUT2D eigenvalue weighted by atomic mass is 9.81. The third-order valence-electron chi connectivity index (χ3n) is 8.95. The number of hydrogen-bond donors (Lipinski definition) is 2. The molecule has 2 heteroatoms. The third kappa shape index (κ3) is 4.28. The smallest absolute Gasteiger partial charge is 0.0704 e. The first-order chi connectivity index (χ1) is 20.8. The van der Waals surface area contributed by atoms with Crippen molar-refractivity contribution < 1.29 is 0 Å². The van der Waals surface area contributed by atoms with Crippen molar-refractivity contribution >= 4 is 11.1 Å². The van der Waals surface area contributed by atoms with E-state index in [2.05, 4.69) is 157 Å². The molecule has 2 N–H and O–H groups in total. The van der Waals surface area contributed by atoms with Crippen molar-refractivity contribution in [1.29, 1.82) is 0 Å². The Hall–Kier alpha value is -5.08. The summed E-state index contributed by atoms with van der Waals surface area (Å²) in [4.78, 5) is 0. The number of allylic oxidation sites excluding steroid dienone is 16. The zero-order chi connectivity index (χ0) is 27.9. The summed E-state index contributed by atoms with van der Waals surface area (Å²) in [5.41, 5.74) is 15.8. The van der Waals surface area contributed by atoms with Gasteiger partial charge in [-0.3, -0.25) is 0 Å². The summed E-state index contributed by atoms with van der Waals surface area (Å²) in [5.74, 6) is 0. The Morgan fingerprint density at radius 2 is 0.905 bits per heavy atom. The molecule has 0 radical (unpaired) electrons. The Labute approximate surface area is 247 Å². The summed E-state index contributed by atoms with van der Waals surface area (Å²) in [6, 6.07) is 18.5. The lowest BCUT2D eigenvalue weighted by molar-refractivity contribution is 0.807.